The molecule has 2 aromatic carbocycles. The molecule has 0 radical (unpaired) electrons. The van der Waals surface area contributed by atoms with E-state index in [4.69, 9.17) is 16.3 Å². The van der Waals surface area contributed by atoms with Gasteiger partial charge < -0.3 is 19.5 Å². The van der Waals surface area contributed by atoms with Crippen LogP contribution in [0, 0.1) is 0 Å². The second-order valence-electron chi connectivity index (χ2n) is 9.27. The van der Waals surface area contributed by atoms with E-state index < -0.39 is 0 Å². The van der Waals surface area contributed by atoms with Crippen molar-refractivity contribution in [1.29, 1.82) is 0 Å². The maximum atomic E-state index is 14.0. The van der Waals surface area contributed by atoms with Gasteiger partial charge in [0.15, 0.2) is 0 Å². The molecular formula is C29H28ClN3O2S. The minimum atomic E-state index is -0.256. The fraction of sp³-hybridized carbons (Fsp3) is 0.276. The van der Waals surface area contributed by atoms with Gasteiger partial charge in [-0.1, -0.05) is 29.8 Å². The van der Waals surface area contributed by atoms with Gasteiger partial charge in [-0.2, -0.15) is 0 Å². The summed E-state index contributed by atoms with van der Waals surface area (Å²) in [5, 5.41) is 4.95. The Bertz CT molecular complexity index is 1410. The van der Waals surface area contributed by atoms with E-state index in [-0.39, 0.29) is 12.1 Å². The van der Waals surface area contributed by atoms with Crippen LogP contribution in [-0.2, 0) is 19.4 Å². The number of hydrogen-bond donors (Lipinski definition) is 1. The quantitative estimate of drug-likeness (QED) is 0.303. The molecule has 0 spiro atoms. The van der Waals surface area contributed by atoms with Crippen molar-refractivity contribution < 1.29 is 9.53 Å². The average Bonchev–Trinajstić information content (AvgIpc) is 3.47. The van der Waals surface area contributed by atoms with E-state index in [1.54, 1.807) is 6.07 Å². The van der Waals surface area contributed by atoms with Crippen LogP contribution in [0.25, 0.3) is 5.00 Å². The number of nitrogens with zero attached hydrogens (tertiary/aromatic N) is 2. The van der Waals surface area contributed by atoms with Crippen LogP contribution in [0.5, 0.6) is 5.75 Å². The zero-order chi connectivity index (χ0) is 24.6. The molecule has 4 aromatic rings. The van der Waals surface area contributed by atoms with Crippen LogP contribution in [0.15, 0.2) is 66.9 Å². The molecule has 0 bridgehead atoms. The molecular weight excluding hydrogens is 490 g/mol. The van der Waals surface area contributed by atoms with Gasteiger partial charge in [-0.3, -0.25) is 0 Å². The summed E-state index contributed by atoms with van der Waals surface area (Å²) >= 11 is 8.10. The first kappa shape index (κ1) is 23.2. The Labute approximate surface area is 220 Å². The molecule has 1 N–H and O–H groups in total. The molecule has 7 heteroatoms. The van der Waals surface area contributed by atoms with Crippen molar-refractivity contribution in [3.8, 4) is 10.8 Å². The lowest BCUT2D eigenvalue weighted by atomic mass is 9.95. The predicted octanol–water partition coefficient (Wildman–Crippen LogP) is 7.61. The number of carbonyl (C=O) groups excluding carboxylic acids is 1. The Morgan fingerprint density at radius 1 is 1.08 bits per heavy atom. The number of benzene rings is 2. The molecule has 0 fully saturated rings. The summed E-state index contributed by atoms with van der Waals surface area (Å²) in [6, 6.07) is 19.2. The Morgan fingerprint density at radius 3 is 2.72 bits per heavy atom. The predicted molar refractivity (Wildman–Crippen MR) is 146 cm³/mol. The zero-order valence-corrected chi connectivity index (χ0v) is 21.7. The normalized spacial score (nSPS) is 16.5. The molecule has 5 nitrogen and oxygen atoms in total. The van der Waals surface area contributed by atoms with E-state index in [0.29, 0.717) is 23.9 Å². The number of halogens is 1. The van der Waals surface area contributed by atoms with E-state index in [9.17, 15) is 4.79 Å². The van der Waals surface area contributed by atoms with E-state index >= 15 is 0 Å². The molecule has 1 aliphatic heterocycles. The number of ether oxygens (including phenoxy) is 1. The van der Waals surface area contributed by atoms with E-state index in [1.807, 2.05) is 53.5 Å². The lowest BCUT2D eigenvalue weighted by Crippen LogP contribution is -2.38. The van der Waals surface area contributed by atoms with Gasteiger partial charge in [0.1, 0.15) is 10.8 Å². The van der Waals surface area contributed by atoms with Crippen LogP contribution in [-0.4, -0.2) is 22.1 Å². The number of rotatable bonds is 4. The van der Waals surface area contributed by atoms with Gasteiger partial charge in [0.2, 0.25) is 0 Å². The van der Waals surface area contributed by atoms with Gasteiger partial charge in [0, 0.05) is 27.3 Å². The summed E-state index contributed by atoms with van der Waals surface area (Å²) < 4.78 is 7.98. The van der Waals surface area contributed by atoms with Crippen molar-refractivity contribution >= 4 is 34.7 Å². The van der Waals surface area contributed by atoms with Crippen molar-refractivity contribution in [1.82, 2.24) is 9.47 Å². The highest BCUT2D eigenvalue weighted by Crippen LogP contribution is 2.44. The monoisotopic (exact) mass is 517 g/mol. The topological polar surface area (TPSA) is 46.5 Å². The lowest BCUT2D eigenvalue weighted by molar-refractivity contribution is 0.194. The molecule has 0 saturated carbocycles. The van der Waals surface area contributed by atoms with Crippen molar-refractivity contribution in [3.05, 3.63) is 99.1 Å². The number of amides is 2. The molecule has 1 aliphatic carbocycles. The smallest absolute Gasteiger partial charge is 0.322 e. The Hall–Kier alpha value is -3.22. The van der Waals surface area contributed by atoms with Gasteiger partial charge in [0.25, 0.3) is 0 Å². The number of carbonyl (C=O) groups is 1. The fourth-order valence-electron chi connectivity index (χ4n) is 5.41. The van der Waals surface area contributed by atoms with Crippen molar-refractivity contribution in [2.75, 3.05) is 11.9 Å². The van der Waals surface area contributed by atoms with Crippen molar-refractivity contribution in [3.63, 3.8) is 0 Å². The molecule has 184 valence electrons. The van der Waals surface area contributed by atoms with Crippen LogP contribution >= 0.6 is 22.9 Å². The first-order valence-electron chi connectivity index (χ1n) is 12.5. The third-order valence-corrected chi connectivity index (χ3v) is 8.59. The standard InChI is InChI=1S/C29H28ClN3O2S/c1-2-35-22-14-12-19(13-15-22)27-25-10-6-16-32(25)28-24(23-9-3-4-11-26(23)36-28)18-33(27)29(34)31-21-8-5-7-20(30)17-21/h5-8,10,12-17,27H,2-4,9,11,18H2,1H3,(H,31,34). The summed E-state index contributed by atoms with van der Waals surface area (Å²) in [4.78, 5) is 17.4. The third-order valence-electron chi connectivity index (χ3n) is 7.02. The SMILES string of the molecule is CCOc1ccc(C2c3cccn3-c3sc4c(c3CN2C(=O)Nc2cccc(Cl)c2)CCCC4)cc1. The van der Waals surface area contributed by atoms with Crippen molar-refractivity contribution in [2.45, 2.75) is 45.2 Å². The summed E-state index contributed by atoms with van der Waals surface area (Å²) in [6.45, 7) is 3.14. The Morgan fingerprint density at radius 2 is 1.92 bits per heavy atom. The first-order valence-corrected chi connectivity index (χ1v) is 13.7. The van der Waals surface area contributed by atoms with Crippen LogP contribution in [0.1, 0.15) is 53.1 Å². The molecule has 0 saturated heterocycles. The zero-order valence-electron chi connectivity index (χ0n) is 20.2. The highest BCUT2D eigenvalue weighted by Gasteiger charge is 2.36. The lowest BCUT2D eigenvalue weighted by Gasteiger charge is -2.31. The van der Waals surface area contributed by atoms with E-state index in [0.717, 1.165) is 29.8 Å². The van der Waals surface area contributed by atoms with Gasteiger partial charge in [0.05, 0.1) is 24.9 Å². The summed E-state index contributed by atoms with van der Waals surface area (Å²) in [6.07, 6.45) is 6.77. The number of aromatic nitrogens is 1. The number of nitrogens with one attached hydrogen (secondary N) is 1. The molecule has 2 aromatic heterocycles. The molecule has 3 heterocycles. The third kappa shape index (κ3) is 4.18. The van der Waals surface area contributed by atoms with Crippen LogP contribution in [0.4, 0.5) is 10.5 Å². The number of aryl methyl sites for hydroxylation is 1. The van der Waals surface area contributed by atoms with Crippen LogP contribution < -0.4 is 10.1 Å². The van der Waals surface area contributed by atoms with E-state index in [2.05, 4.69) is 40.3 Å². The molecule has 6 rings (SSSR count). The fourth-order valence-corrected chi connectivity index (χ4v) is 7.01. The number of urea groups is 1. The van der Waals surface area contributed by atoms with Crippen LogP contribution in [0.3, 0.4) is 0 Å². The summed E-state index contributed by atoms with van der Waals surface area (Å²) in [5.41, 5.74) is 5.53. The van der Waals surface area contributed by atoms with Crippen molar-refractivity contribution in [2.24, 2.45) is 0 Å². The molecule has 36 heavy (non-hydrogen) atoms. The molecule has 2 amide bonds. The number of anilines is 1. The van der Waals surface area contributed by atoms with E-state index in [1.165, 1.54) is 33.8 Å². The largest absolute Gasteiger partial charge is 0.494 e. The summed E-state index contributed by atoms with van der Waals surface area (Å²) in [7, 11) is 0. The van der Waals surface area contributed by atoms with Gasteiger partial charge in [-0.05, 0) is 86.2 Å². The first-order chi connectivity index (χ1) is 17.6. The maximum absolute atomic E-state index is 14.0. The average molecular weight is 518 g/mol. The second-order valence-corrected chi connectivity index (χ2v) is 10.8. The highest BCUT2D eigenvalue weighted by molar-refractivity contribution is 7.15. The highest BCUT2D eigenvalue weighted by atomic mass is 35.5. The minimum absolute atomic E-state index is 0.146. The molecule has 1 atom stereocenters. The number of fused-ring (bicyclic) bond motifs is 5. The Balaban J connectivity index is 1.47. The van der Waals surface area contributed by atoms with Gasteiger partial charge in [-0.15, -0.1) is 11.3 Å². The van der Waals surface area contributed by atoms with Gasteiger partial charge >= 0.3 is 6.03 Å². The Kier molecular flexibility index (Phi) is 6.23. The minimum Gasteiger partial charge on any atom is -0.494 e. The molecule has 2 aliphatic rings. The van der Waals surface area contributed by atoms with Gasteiger partial charge in [-0.25, -0.2) is 4.79 Å². The number of hydrogen-bond acceptors (Lipinski definition) is 3. The number of thiophene rings is 1. The molecule has 1 unspecified atom stereocenters. The summed E-state index contributed by atoms with van der Waals surface area (Å²) in [5.74, 6) is 0.827. The van der Waals surface area contributed by atoms with Crippen LogP contribution in [0.2, 0.25) is 5.02 Å². The second kappa shape index (κ2) is 9.68. The maximum Gasteiger partial charge on any atom is 0.322 e.